The zero-order chi connectivity index (χ0) is 15.5. The van der Waals surface area contributed by atoms with E-state index in [0.717, 1.165) is 5.56 Å². The third kappa shape index (κ3) is 3.89. The fourth-order valence-electron chi connectivity index (χ4n) is 1.78. The van der Waals surface area contributed by atoms with E-state index in [4.69, 9.17) is 23.2 Å². The molecule has 0 heterocycles. The molecule has 7 heteroatoms. The summed E-state index contributed by atoms with van der Waals surface area (Å²) in [5.41, 5.74) is 1.16. The van der Waals surface area contributed by atoms with Crippen molar-refractivity contribution < 1.29 is 8.42 Å². The molecule has 0 fully saturated rings. The molecule has 0 unspecified atom stereocenters. The maximum absolute atomic E-state index is 12.3. The Labute approximate surface area is 134 Å². The monoisotopic (exact) mass is 344 g/mol. The Kier molecular flexibility index (Phi) is 5.11. The van der Waals surface area contributed by atoms with E-state index in [0.29, 0.717) is 22.3 Å². The Morgan fingerprint density at radius 1 is 1.05 bits per heavy atom. The number of hydrogen-bond acceptors (Lipinski definition) is 3. The summed E-state index contributed by atoms with van der Waals surface area (Å²) in [4.78, 5) is 0.0901. The summed E-state index contributed by atoms with van der Waals surface area (Å²) in [6.45, 7) is 0.567. The van der Waals surface area contributed by atoms with Crippen molar-refractivity contribution in [1.82, 2.24) is 5.32 Å². The van der Waals surface area contributed by atoms with Crippen molar-refractivity contribution in [3.8, 4) is 0 Å². The molecule has 0 saturated heterocycles. The van der Waals surface area contributed by atoms with Crippen LogP contribution in [0.25, 0.3) is 0 Å². The minimum atomic E-state index is -3.73. The third-order valence-corrected chi connectivity index (χ3v) is 4.86. The van der Waals surface area contributed by atoms with Crippen LogP contribution in [-0.4, -0.2) is 15.5 Å². The van der Waals surface area contributed by atoms with Gasteiger partial charge in [0.1, 0.15) is 0 Å². The normalized spacial score (nSPS) is 11.4. The molecule has 0 saturated carbocycles. The number of anilines is 1. The molecule has 0 aliphatic carbocycles. The van der Waals surface area contributed by atoms with Gasteiger partial charge in [0.05, 0.1) is 15.6 Å². The van der Waals surface area contributed by atoms with E-state index < -0.39 is 10.0 Å². The Morgan fingerprint density at radius 2 is 1.76 bits per heavy atom. The van der Waals surface area contributed by atoms with Crippen LogP contribution >= 0.6 is 23.2 Å². The second-order valence-corrected chi connectivity index (χ2v) is 6.87. The topological polar surface area (TPSA) is 58.2 Å². The molecule has 0 bridgehead atoms. The lowest BCUT2D eigenvalue weighted by molar-refractivity contribution is 0.601. The Bertz CT molecular complexity index is 748. The van der Waals surface area contributed by atoms with Crippen LogP contribution in [0.15, 0.2) is 47.4 Å². The molecule has 0 spiro atoms. The molecular weight excluding hydrogens is 331 g/mol. The minimum Gasteiger partial charge on any atom is -0.316 e. The molecule has 0 aliphatic rings. The number of benzene rings is 2. The number of rotatable bonds is 5. The molecule has 0 radical (unpaired) electrons. The molecule has 0 amide bonds. The maximum atomic E-state index is 12.3. The number of halogens is 2. The van der Waals surface area contributed by atoms with Crippen molar-refractivity contribution in [3.05, 3.63) is 58.1 Å². The lowest BCUT2D eigenvalue weighted by Crippen LogP contribution is -2.14. The van der Waals surface area contributed by atoms with Gasteiger partial charge in [-0.15, -0.1) is 0 Å². The van der Waals surface area contributed by atoms with E-state index in [1.165, 1.54) is 12.1 Å². The van der Waals surface area contributed by atoms with Crippen molar-refractivity contribution in [3.63, 3.8) is 0 Å². The highest BCUT2D eigenvalue weighted by atomic mass is 35.5. The zero-order valence-corrected chi connectivity index (χ0v) is 13.6. The van der Waals surface area contributed by atoms with E-state index in [9.17, 15) is 8.42 Å². The van der Waals surface area contributed by atoms with Crippen LogP contribution in [0.1, 0.15) is 5.56 Å². The van der Waals surface area contributed by atoms with Gasteiger partial charge in [0.25, 0.3) is 10.0 Å². The van der Waals surface area contributed by atoms with Crippen molar-refractivity contribution in [1.29, 1.82) is 0 Å². The van der Waals surface area contributed by atoms with E-state index in [1.54, 1.807) is 37.4 Å². The van der Waals surface area contributed by atoms with Crippen molar-refractivity contribution >= 4 is 38.9 Å². The molecule has 0 aliphatic heterocycles. The van der Waals surface area contributed by atoms with Crippen LogP contribution in [0.5, 0.6) is 0 Å². The van der Waals surface area contributed by atoms with Gasteiger partial charge in [-0.05, 0) is 36.9 Å². The van der Waals surface area contributed by atoms with Crippen LogP contribution in [0.2, 0.25) is 10.0 Å². The van der Waals surface area contributed by atoms with Gasteiger partial charge in [-0.25, -0.2) is 8.42 Å². The predicted molar refractivity (Wildman–Crippen MR) is 86.5 cm³/mol. The fourth-order valence-corrected chi connectivity index (χ4v) is 3.43. The lowest BCUT2D eigenvalue weighted by atomic mass is 10.2. The summed E-state index contributed by atoms with van der Waals surface area (Å²) in [6.07, 6.45) is 0. The lowest BCUT2D eigenvalue weighted by Gasteiger charge is -2.11. The summed E-state index contributed by atoms with van der Waals surface area (Å²) in [5, 5.41) is 3.69. The smallest absolute Gasteiger partial charge is 0.261 e. The van der Waals surface area contributed by atoms with E-state index in [-0.39, 0.29) is 4.90 Å². The third-order valence-electron chi connectivity index (χ3n) is 2.82. The van der Waals surface area contributed by atoms with E-state index in [2.05, 4.69) is 10.0 Å². The highest BCUT2D eigenvalue weighted by molar-refractivity contribution is 7.92. The van der Waals surface area contributed by atoms with Gasteiger partial charge in [0.2, 0.25) is 0 Å². The van der Waals surface area contributed by atoms with Gasteiger partial charge in [0.15, 0.2) is 0 Å². The van der Waals surface area contributed by atoms with Crippen LogP contribution in [0, 0.1) is 0 Å². The molecule has 21 heavy (non-hydrogen) atoms. The summed E-state index contributed by atoms with van der Waals surface area (Å²) < 4.78 is 27.1. The van der Waals surface area contributed by atoms with Crippen LogP contribution in [0.3, 0.4) is 0 Å². The van der Waals surface area contributed by atoms with E-state index >= 15 is 0 Å². The first kappa shape index (κ1) is 16.1. The highest BCUT2D eigenvalue weighted by Gasteiger charge is 2.17. The zero-order valence-electron chi connectivity index (χ0n) is 11.2. The van der Waals surface area contributed by atoms with Crippen LogP contribution < -0.4 is 10.0 Å². The summed E-state index contributed by atoms with van der Waals surface area (Å²) in [7, 11) is -1.94. The number of sulfonamides is 1. The molecule has 2 aromatic rings. The molecule has 2 N–H and O–H groups in total. The first-order valence-electron chi connectivity index (χ1n) is 6.14. The molecular formula is C14H14Cl2N2O2S. The fraction of sp³-hybridized carbons (Fsp3) is 0.143. The summed E-state index contributed by atoms with van der Waals surface area (Å²) in [5.74, 6) is 0. The Balaban J connectivity index is 2.32. The molecule has 112 valence electrons. The molecule has 0 atom stereocenters. The molecule has 2 rings (SSSR count). The maximum Gasteiger partial charge on any atom is 0.261 e. The average molecular weight is 345 g/mol. The standard InChI is InChI=1S/C14H14Cl2N2O2S/c1-17-9-10-6-7-11(8-13(10)16)21(19,20)18-14-5-3-2-4-12(14)15/h2-8,17-18H,9H2,1H3. The largest absolute Gasteiger partial charge is 0.316 e. The Hall–Kier alpha value is -1.27. The average Bonchev–Trinajstić information content (AvgIpc) is 2.43. The van der Waals surface area contributed by atoms with Gasteiger partial charge >= 0.3 is 0 Å². The van der Waals surface area contributed by atoms with Crippen molar-refractivity contribution in [2.45, 2.75) is 11.4 Å². The number of para-hydroxylation sites is 1. The first-order chi connectivity index (χ1) is 9.94. The van der Waals surface area contributed by atoms with Crippen molar-refractivity contribution in [2.24, 2.45) is 0 Å². The summed E-state index contributed by atoms with van der Waals surface area (Å²) in [6, 6.07) is 11.3. The van der Waals surface area contributed by atoms with Gasteiger partial charge in [0, 0.05) is 11.6 Å². The second kappa shape index (κ2) is 6.66. The first-order valence-corrected chi connectivity index (χ1v) is 8.38. The molecule has 2 aromatic carbocycles. The van der Waals surface area contributed by atoms with Gasteiger partial charge in [-0.3, -0.25) is 4.72 Å². The predicted octanol–water partition coefficient (Wildman–Crippen LogP) is 3.51. The van der Waals surface area contributed by atoms with Crippen LogP contribution in [0.4, 0.5) is 5.69 Å². The van der Waals surface area contributed by atoms with Gasteiger partial charge in [-0.1, -0.05) is 41.4 Å². The van der Waals surface area contributed by atoms with Gasteiger partial charge in [-0.2, -0.15) is 0 Å². The highest BCUT2D eigenvalue weighted by Crippen LogP contribution is 2.26. The number of hydrogen-bond donors (Lipinski definition) is 2. The Morgan fingerprint density at radius 3 is 2.38 bits per heavy atom. The SMILES string of the molecule is CNCc1ccc(S(=O)(=O)Nc2ccccc2Cl)cc1Cl. The summed E-state index contributed by atoms with van der Waals surface area (Å²) >= 11 is 12.0. The van der Waals surface area contributed by atoms with Gasteiger partial charge < -0.3 is 5.32 Å². The van der Waals surface area contributed by atoms with Crippen molar-refractivity contribution in [2.75, 3.05) is 11.8 Å². The second-order valence-electron chi connectivity index (χ2n) is 4.37. The quantitative estimate of drug-likeness (QED) is 0.872. The molecule has 0 aromatic heterocycles. The van der Waals surface area contributed by atoms with E-state index in [1.807, 2.05) is 0 Å². The minimum absolute atomic E-state index is 0.0901. The number of nitrogens with one attached hydrogen (secondary N) is 2. The van der Waals surface area contributed by atoms with Crippen LogP contribution in [-0.2, 0) is 16.6 Å². The molecule has 4 nitrogen and oxygen atoms in total.